The van der Waals surface area contributed by atoms with E-state index < -0.39 is 6.36 Å². The Morgan fingerprint density at radius 3 is 2.07 bits per heavy atom. The first-order chi connectivity index (χ1) is 13.7. The Morgan fingerprint density at radius 2 is 1.55 bits per heavy atom. The third kappa shape index (κ3) is 5.73. The van der Waals surface area contributed by atoms with E-state index in [1.165, 1.54) is 12.1 Å². The van der Waals surface area contributed by atoms with Crippen molar-refractivity contribution in [1.82, 2.24) is 0 Å². The van der Waals surface area contributed by atoms with Crippen LogP contribution in [0.3, 0.4) is 0 Å². The second-order valence-corrected chi connectivity index (χ2v) is 6.97. The van der Waals surface area contributed by atoms with Crippen LogP contribution in [0.5, 0.6) is 5.75 Å². The van der Waals surface area contributed by atoms with Crippen molar-refractivity contribution in [1.29, 1.82) is 0 Å². The van der Waals surface area contributed by atoms with Gasteiger partial charge in [-0.05, 0) is 60.2 Å². The standard InChI is InChI=1S/C23H21F3O3/c1-15(3-13-21(27)22-14-4-16(2)28-22)17-5-7-18(8-6-17)19-9-11-20(12-10-19)29-23(24,25)26/h4-12,14-15H,3,13H2,1-2H3. The van der Waals surface area contributed by atoms with Crippen LogP contribution >= 0.6 is 0 Å². The summed E-state index contributed by atoms with van der Waals surface area (Å²) < 4.78 is 46.0. The highest BCUT2D eigenvalue weighted by Crippen LogP contribution is 2.28. The molecule has 0 aliphatic rings. The molecule has 0 aliphatic carbocycles. The van der Waals surface area contributed by atoms with Gasteiger partial charge in [0.05, 0.1) is 0 Å². The van der Waals surface area contributed by atoms with Gasteiger partial charge in [0.15, 0.2) is 11.5 Å². The fourth-order valence-corrected chi connectivity index (χ4v) is 3.08. The van der Waals surface area contributed by atoms with Gasteiger partial charge >= 0.3 is 6.36 Å². The quantitative estimate of drug-likeness (QED) is 0.403. The molecule has 3 rings (SSSR count). The average Bonchev–Trinajstić information content (AvgIpc) is 3.12. The zero-order chi connectivity index (χ0) is 21.0. The molecule has 3 aromatic rings. The summed E-state index contributed by atoms with van der Waals surface area (Å²) in [7, 11) is 0. The molecule has 6 heteroatoms. The Bertz CT molecular complexity index is 954. The molecule has 0 fully saturated rings. The number of rotatable bonds is 7. The number of ketones is 1. The summed E-state index contributed by atoms with van der Waals surface area (Å²) >= 11 is 0. The second kappa shape index (κ2) is 8.55. The molecule has 1 aromatic heterocycles. The molecule has 0 saturated carbocycles. The van der Waals surface area contributed by atoms with Crippen LogP contribution in [0, 0.1) is 6.92 Å². The number of benzene rings is 2. The lowest BCUT2D eigenvalue weighted by Crippen LogP contribution is -2.16. The first-order valence-electron chi connectivity index (χ1n) is 9.27. The van der Waals surface area contributed by atoms with Gasteiger partial charge in [0.2, 0.25) is 0 Å². The lowest BCUT2D eigenvalue weighted by molar-refractivity contribution is -0.274. The van der Waals surface area contributed by atoms with Gasteiger partial charge < -0.3 is 9.15 Å². The van der Waals surface area contributed by atoms with E-state index in [2.05, 4.69) is 11.7 Å². The fraction of sp³-hybridized carbons (Fsp3) is 0.261. The van der Waals surface area contributed by atoms with E-state index in [-0.39, 0.29) is 17.5 Å². The summed E-state index contributed by atoms with van der Waals surface area (Å²) in [6.45, 7) is 3.86. The molecule has 0 aliphatic heterocycles. The molecule has 2 aromatic carbocycles. The average molecular weight is 402 g/mol. The van der Waals surface area contributed by atoms with Gasteiger partial charge in [-0.1, -0.05) is 43.3 Å². The fourth-order valence-electron chi connectivity index (χ4n) is 3.08. The number of ether oxygens (including phenoxy) is 1. The van der Waals surface area contributed by atoms with Crippen LogP contribution in [0.2, 0.25) is 0 Å². The van der Waals surface area contributed by atoms with Crippen molar-refractivity contribution in [3.05, 3.63) is 77.7 Å². The largest absolute Gasteiger partial charge is 0.573 e. The molecule has 0 saturated heterocycles. The highest BCUT2D eigenvalue weighted by molar-refractivity contribution is 5.93. The van der Waals surface area contributed by atoms with Crippen LogP contribution in [0.25, 0.3) is 11.1 Å². The maximum Gasteiger partial charge on any atom is 0.573 e. The summed E-state index contributed by atoms with van der Waals surface area (Å²) in [5.74, 6) is 1.04. The number of alkyl halides is 3. The van der Waals surface area contributed by atoms with Crippen molar-refractivity contribution in [2.24, 2.45) is 0 Å². The Morgan fingerprint density at radius 1 is 0.966 bits per heavy atom. The molecule has 3 nitrogen and oxygen atoms in total. The molecular formula is C23H21F3O3. The number of furan rings is 1. The second-order valence-electron chi connectivity index (χ2n) is 6.97. The number of hydrogen-bond acceptors (Lipinski definition) is 3. The van der Waals surface area contributed by atoms with E-state index in [0.29, 0.717) is 18.6 Å². The lowest BCUT2D eigenvalue weighted by Gasteiger charge is -2.12. The van der Waals surface area contributed by atoms with Crippen molar-refractivity contribution < 1.29 is 27.1 Å². The van der Waals surface area contributed by atoms with E-state index in [0.717, 1.165) is 22.5 Å². The van der Waals surface area contributed by atoms with Crippen LogP contribution in [0.15, 0.2) is 65.1 Å². The molecule has 1 heterocycles. The van der Waals surface area contributed by atoms with Gasteiger partial charge in [0.1, 0.15) is 11.5 Å². The Hall–Kier alpha value is -3.02. The molecule has 1 unspecified atom stereocenters. The predicted molar refractivity (Wildman–Crippen MR) is 104 cm³/mol. The third-order valence-corrected chi connectivity index (χ3v) is 4.72. The van der Waals surface area contributed by atoms with E-state index in [1.807, 2.05) is 24.3 Å². The molecular weight excluding hydrogens is 381 g/mol. The molecule has 1 atom stereocenters. The highest BCUT2D eigenvalue weighted by atomic mass is 19.4. The minimum atomic E-state index is -4.70. The number of hydrogen-bond donors (Lipinski definition) is 0. The number of carbonyl (C=O) groups is 1. The van der Waals surface area contributed by atoms with Crippen LogP contribution in [0.4, 0.5) is 13.2 Å². The molecule has 29 heavy (non-hydrogen) atoms. The van der Waals surface area contributed by atoms with Crippen LogP contribution < -0.4 is 4.74 Å². The van der Waals surface area contributed by atoms with Crippen molar-refractivity contribution in [2.75, 3.05) is 0 Å². The summed E-state index contributed by atoms with van der Waals surface area (Å²) in [6, 6.07) is 17.0. The van der Waals surface area contributed by atoms with Crippen LogP contribution in [0.1, 0.15) is 47.6 Å². The zero-order valence-electron chi connectivity index (χ0n) is 16.1. The van der Waals surface area contributed by atoms with E-state index >= 15 is 0 Å². The lowest BCUT2D eigenvalue weighted by atomic mass is 9.93. The van der Waals surface area contributed by atoms with Crippen LogP contribution in [-0.4, -0.2) is 12.1 Å². The topological polar surface area (TPSA) is 39.4 Å². The molecule has 0 spiro atoms. The van der Waals surface area contributed by atoms with Crippen molar-refractivity contribution in [2.45, 2.75) is 39.0 Å². The maximum atomic E-state index is 12.2. The summed E-state index contributed by atoms with van der Waals surface area (Å²) in [5, 5.41) is 0. The summed E-state index contributed by atoms with van der Waals surface area (Å²) in [5.41, 5.74) is 2.78. The molecule has 0 bridgehead atoms. The van der Waals surface area contributed by atoms with Gasteiger partial charge in [-0.3, -0.25) is 4.79 Å². The molecule has 0 N–H and O–H groups in total. The smallest absolute Gasteiger partial charge is 0.458 e. The number of aryl methyl sites for hydroxylation is 1. The highest BCUT2D eigenvalue weighted by Gasteiger charge is 2.30. The van der Waals surface area contributed by atoms with Gasteiger partial charge in [0.25, 0.3) is 0 Å². The zero-order valence-corrected chi connectivity index (χ0v) is 16.1. The first kappa shape index (κ1) is 20.7. The van der Waals surface area contributed by atoms with Gasteiger partial charge in [-0.25, -0.2) is 0 Å². The molecule has 152 valence electrons. The third-order valence-electron chi connectivity index (χ3n) is 4.72. The van der Waals surface area contributed by atoms with Gasteiger partial charge in [0, 0.05) is 6.42 Å². The van der Waals surface area contributed by atoms with Crippen molar-refractivity contribution in [3.8, 4) is 16.9 Å². The summed E-state index contributed by atoms with van der Waals surface area (Å²) in [6.07, 6.45) is -3.60. The Kier molecular flexibility index (Phi) is 6.11. The first-order valence-corrected chi connectivity index (χ1v) is 9.27. The van der Waals surface area contributed by atoms with E-state index in [1.54, 1.807) is 31.2 Å². The van der Waals surface area contributed by atoms with E-state index in [4.69, 9.17) is 4.42 Å². The molecule has 0 amide bonds. The molecule has 0 radical (unpaired) electrons. The van der Waals surface area contributed by atoms with Crippen LogP contribution in [-0.2, 0) is 0 Å². The normalized spacial score (nSPS) is 12.6. The van der Waals surface area contributed by atoms with E-state index in [9.17, 15) is 18.0 Å². The maximum absolute atomic E-state index is 12.2. The number of Topliss-reactive ketones (excluding diaryl/α,β-unsaturated/α-hetero) is 1. The SMILES string of the molecule is Cc1ccc(C(=O)CCC(C)c2ccc(-c3ccc(OC(F)(F)F)cc3)cc2)o1. The van der Waals surface area contributed by atoms with Crippen molar-refractivity contribution in [3.63, 3.8) is 0 Å². The number of halogens is 3. The van der Waals surface area contributed by atoms with Gasteiger partial charge in [-0.15, -0.1) is 13.2 Å². The number of carbonyl (C=O) groups excluding carboxylic acids is 1. The minimum absolute atomic E-state index is 0.0114. The predicted octanol–water partition coefficient (Wildman–Crippen LogP) is 6.92. The summed E-state index contributed by atoms with van der Waals surface area (Å²) in [4.78, 5) is 12.2. The van der Waals surface area contributed by atoms with Crippen molar-refractivity contribution >= 4 is 5.78 Å². The monoisotopic (exact) mass is 402 g/mol. The minimum Gasteiger partial charge on any atom is -0.458 e. The Balaban J connectivity index is 1.59. The van der Waals surface area contributed by atoms with Gasteiger partial charge in [-0.2, -0.15) is 0 Å². The Labute approximate surface area is 167 Å².